The molecule has 3 fully saturated rings. The lowest BCUT2D eigenvalue weighted by molar-refractivity contribution is -0.172. The Morgan fingerprint density at radius 2 is 1.58 bits per heavy atom. The van der Waals surface area contributed by atoms with E-state index >= 15 is 0 Å². The van der Waals surface area contributed by atoms with E-state index in [2.05, 4.69) is 27.7 Å². The monoisotopic (exact) mass is 462 g/mol. The van der Waals surface area contributed by atoms with Crippen LogP contribution in [0.2, 0.25) is 0 Å². The van der Waals surface area contributed by atoms with Crippen molar-refractivity contribution < 1.29 is 33.3 Å². The quantitative estimate of drug-likeness (QED) is 0.270. The third kappa shape index (κ3) is 4.11. The van der Waals surface area contributed by atoms with Crippen LogP contribution in [0, 0.1) is 22.7 Å². The molecule has 7 atom stereocenters. The van der Waals surface area contributed by atoms with Crippen LogP contribution in [-0.2, 0) is 33.3 Å². The third-order valence-electron chi connectivity index (χ3n) is 8.87. The van der Waals surface area contributed by atoms with Gasteiger partial charge in [0, 0.05) is 33.1 Å². The second-order valence-corrected chi connectivity index (χ2v) is 11.5. The molecule has 33 heavy (non-hydrogen) atoms. The van der Waals surface area contributed by atoms with Gasteiger partial charge in [-0.3, -0.25) is 14.4 Å². The van der Waals surface area contributed by atoms with Crippen LogP contribution >= 0.6 is 0 Å². The molecule has 1 spiro atoms. The molecule has 7 nitrogen and oxygen atoms in total. The highest BCUT2D eigenvalue weighted by Gasteiger charge is 2.68. The Hall–Kier alpha value is -1.89. The van der Waals surface area contributed by atoms with Crippen molar-refractivity contribution in [3.8, 4) is 0 Å². The summed E-state index contributed by atoms with van der Waals surface area (Å²) >= 11 is 0. The molecule has 0 amide bonds. The Labute approximate surface area is 196 Å². The average molecular weight is 463 g/mol. The first-order valence-corrected chi connectivity index (χ1v) is 12.2. The van der Waals surface area contributed by atoms with Crippen LogP contribution in [-0.4, -0.2) is 48.4 Å². The highest BCUT2D eigenvalue weighted by atomic mass is 16.6. The number of epoxide rings is 1. The predicted molar refractivity (Wildman–Crippen MR) is 120 cm³/mol. The smallest absolute Gasteiger partial charge is 0.303 e. The van der Waals surface area contributed by atoms with Crippen LogP contribution in [0.3, 0.4) is 0 Å². The number of fused-ring (bicyclic) bond motifs is 4. The van der Waals surface area contributed by atoms with Gasteiger partial charge in [0.2, 0.25) is 0 Å². The number of carbonyl (C=O) groups excluding carboxylic acids is 3. The minimum Gasteiger partial charge on any atom is -0.462 e. The molecule has 0 N–H and O–H groups in total. The first-order valence-electron chi connectivity index (χ1n) is 12.2. The first kappa shape index (κ1) is 24.2. The van der Waals surface area contributed by atoms with Gasteiger partial charge in [-0.15, -0.1) is 0 Å². The number of hydrogen-bond donors (Lipinski definition) is 0. The molecule has 0 aromatic rings. The van der Waals surface area contributed by atoms with Gasteiger partial charge in [-0.2, -0.15) is 0 Å². The summed E-state index contributed by atoms with van der Waals surface area (Å²) in [7, 11) is 0. The minimum atomic E-state index is -0.524. The molecule has 0 radical (unpaired) electrons. The molecule has 4 aliphatic rings. The van der Waals surface area contributed by atoms with Crippen molar-refractivity contribution in [1.82, 2.24) is 0 Å². The van der Waals surface area contributed by atoms with Crippen LogP contribution in [0.4, 0.5) is 0 Å². The molecule has 0 aromatic heterocycles. The van der Waals surface area contributed by atoms with E-state index in [1.807, 2.05) is 0 Å². The Morgan fingerprint density at radius 3 is 2.12 bits per heavy atom. The average Bonchev–Trinajstić information content (AvgIpc) is 3.42. The molecular weight excluding hydrogens is 424 g/mol. The maximum absolute atomic E-state index is 12.2. The van der Waals surface area contributed by atoms with E-state index in [-0.39, 0.29) is 58.9 Å². The van der Waals surface area contributed by atoms with Gasteiger partial charge in [0.15, 0.2) is 0 Å². The van der Waals surface area contributed by atoms with Crippen LogP contribution in [0.1, 0.15) is 80.6 Å². The normalized spacial score (nSPS) is 41.4. The molecule has 3 aliphatic carbocycles. The highest BCUT2D eigenvalue weighted by molar-refractivity contribution is 5.67. The van der Waals surface area contributed by atoms with Crippen molar-refractivity contribution in [1.29, 1.82) is 0 Å². The maximum atomic E-state index is 12.2. The van der Waals surface area contributed by atoms with Crippen molar-refractivity contribution in [3.05, 3.63) is 11.1 Å². The van der Waals surface area contributed by atoms with Gasteiger partial charge in [0.05, 0.1) is 6.61 Å². The standard InChI is InChI=1S/C26H38O7/c1-14-10-19(31-15(2)27)18-11-21-25(7,9-8-22(33-17(4)29)26(21)13-30-26)12-20(32-16(3)28)23(14)24(18,5)6/h18-22H,8-13H2,1-7H3/t18-,19+,20+,21+,22+,25+,26+/m1/s1. The zero-order chi connectivity index (χ0) is 24.3. The molecule has 4 rings (SSSR count). The molecule has 1 heterocycles. The van der Waals surface area contributed by atoms with E-state index in [1.165, 1.54) is 26.3 Å². The summed E-state index contributed by atoms with van der Waals surface area (Å²) in [5.74, 6) is -0.754. The van der Waals surface area contributed by atoms with Crippen molar-refractivity contribution in [2.45, 2.75) is 104 Å². The summed E-state index contributed by atoms with van der Waals surface area (Å²) in [6, 6.07) is 0. The zero-order valence-corrected chi connectivity index (χ0v) is 21.0. The zero-order valence-electron chi connectivity index (χ0n) is 21.0. The van der Waals surface area contributed by atoms with Gasteiger partial charge in [0.25, 0.3) is 0 Å². The molecule has 0 unspecified atom stereocenters. The first-order chi connectivity index (χ1) is 15.3. The second kappa shape index (κ2) is 8.10. The lowest BCUT2D eigenvalue weighted by atomic mass is 9.49. The van der Waals surface area contributed by atoms with Crippen molar-refractivity contribution in [2.24, 2.45) is 22.7 Å². The van der Waals surface area contributed by atoms with E-state index in [0.29, 0.717) is 19.4 Å². The molecule has 184 valence electrons. The van der Waals surface area contributed by atoms with Gasteiger partial charge in [-0.05, 0) is 54.9 Å². The Morgan fingerprint density at radius 1 is 0.970 bits per heavy atom. The number of rotatable bonds is 3. The fourth-order valence-electron chi connectivity index (χ4n) is 7.57. The minimum absolute atomic E-state index is 0.0277. The van der Waals surface area contributed by atoms with E-state index in [0.717, 1.165) is 24.8 Å². The summed E-state index contributed by atoms with van der Waals surface area (Å²) in [5.41, 5.74) is 1.27. The SMILES string of the molecule is CC(=O)O[C@H]1C[C@]2(C)CC[C@H](OC(C)=O)[C@]3(CO3)[C@H]2C[C@@H]2[C@@H](OC(C)=O)CC(C)=C1C2(C)C. The molecule has 1 saturated heterocycles. The molecule has 0 aromatic carbocycles. The number of carbonyl (C=O) groups is 3. The number of esters is 3. The van der Waals surface area contributed by atoms with Crippen LogP contribution in [0.25, 0.3) is 0 Å². The Balaban J connectivity index is 1.83. The number of hydrogen-bond acceptors (Lipinski definition) is 7. The van der Waals surface area contributed by atoms with Gasteiger partial charge in [0.1, 0.15) is 23.9 Å². The lowest BCUT2D eigenvalue weighted by Gasteiger charge is -2.57. The molecule has 7 heteroatoms. The molecular formula is C26H38O7. The van der Waals surface area contributed by atoms with Crippen LogP contribution in [0.15, 0.2) is 11.1 Å². The summed E-state index contributed by atoms with van der Waals surface area (Å²) in [6.07, 6.45) is 2.81. The topological polar surface area (TPSA) is 91.4 Å². The van der Waals surface area contributed by atoms with Gasteiger partial charge in [-0.1, -0.05) is 26.3 Å². The lowest BCUT2D eigenvalue weighted by Crippen LogP contribution is -2.58. The van der Waals surface area contributed by atoms with Gasteiger partial charge in [-0.25, -0.2) is 0 Å². The predicted octanol–water partition coefficient (Wildman–Crippen LogP) is 4.12. The van der Waals surface area contributed by atoms with Gasteiger partial charge >= 0.3 is 17.9 Å². The fraction of sp³-hybridized carbons (Fsp3) is 0.808. The molecule has 2 bridgehead atoms. The highest BCUT2D eigenvalue weighted by Crippen LogP contribution is 2.64. The summed E-state index contributed by atoms with van der Waals surface area (Å²) < 4.78 is 23.8. The second-order valence-electron chi connectivity index (χ2n) is 11.5. The molecule has 1 aliphatic heterocycles. The largest absolute Gasteiger partial charge is 0.462 e. The van der Waals surface area contributed by atoms with Crippen molar-refractivity contribution in [3.63, 3.8) is 0 Å². The van der Waals surface area contributed by atoms with Crippen LogP contribution < -0.4 is 0 Å². The van der Waals surface area contributed by atoms with E-state index in [9.17, 15) is 14.4 Å². The third-order valence-corrected chi connectivity index (χ3v) is 8.87. The van der Waals surface area contributed by atoms with E-state index in [1.54, 1.807) is 0 Å². The summed E-state index contributed by atoms with van der Waals surface area (Å²) in [4.78, 5) is 36.1. The van der Waals surface area contributed by atoms with Crippen molar-refractivity contribution in [2.75, 3.05) is 6.61 Å². The maximum Gasteiger partial charge on any atom is 0.303 e. The summed E-state index contributed by atoms with van der Waals surface area (Å²) in [6.45, 7) is 13.6. The van der Waals surface area contributed by atoms with Crippen molar-refractivity contribution >= 4 is 17.9 Å². The van der Waals surface area contributed by atoms with E-state index in [4.69, 9.17) is 18.9 Å². The summed E-state index contributed by atoms with van der Waals surface area (Å²) in [5, 5.41) is 0. The molecule has 2 saturated carbocycles. The van der Waals surface area contributed by atoms with Gasteiger partial charge < -0.3 is 18.9 Å². The fourth-order valence-corrected chi connectivity index (χ4v) is 7.57. The number of ether oxygens (including phenoxy) is 4. The Kier molecular flexibility index (Phi) is 5.95. The van der Waals surface area contributed by atoms with E-state index < -0.39 is 5.60 Å². The Bertz CT molecular complexity index is 883. The van der Waals surface area contributed by atoms with Crippen LogP contribution in [0.5, 0.6) is 0 Å².